The lowest BCUT2D eigenvalue weighted by Gasteiger charge is -2.57. The summed E-state index contributed by atoms with van der Waals surface area (Å²) in [5, 5.41) is 0. The Morgan fingerprint density at radius 3 is 2.56 bits per heavy atom. The van der Waals surface area contributed by atoms with E-state index in [1.54, 1.807) is 0 Å². The van der Waals surface area contributed by atoms with Crippen LogP contribution < -0.4 is 0 Å². The molecule has 1 unspecified atom stereocenters. The Labute approximate surface area is 158 Å². The number of allylic oxidation sites excluding steroid dienone is 1. The van der Waals surface area contributed by atoms with Gasteiger partial charge >= 0.3 is 5.97 Å². The molecule has 0 aromatic heterocycles. The van der Waals surface area contributed by atoms with E-state index in [4.69, 9.17) is 4.74 Å². The number of hydrogen-bond acceptors (Lipinski definition) is 4. The number of fused-ring (bicyclic) bond motifs is 7. The van der Waals surface area contributed by atoms with Gasteiger partial charge in [-0.25, -0.2) is 4.39 Å². The maximum absolute atomic E-state index is 14.3. The number of ketones is 2. The van der Waals surface area contributed by atoms with Gasteiger partial charge in [0.2, 0.25) is 5.78 Å². The Hall–Kier alpha value is -1.52. The summed E-state index contributed by atoms with van der Waals surface area (Å²) in [6.07, 6.45) is 3.09. The van der Waals surface area contributed by atoms with Crippen LogP contribution >= 0.6 is 0 Å². The first-order valence-electron chi connectivity index (χ1n) is 10.3. The molecule has 4 nitrogen and oxygen atoms in total. The second-order valence-electron chi connectivity index (χ2n) is 9.94. The van der Waals surface area contributed by atoms with Gasteiger partial charge in [-0.3, -0.25) is 14.4 Å². The lowest BCUT2D eigenvalue weighted by atomic mass is 9.47. The highest BCUT2D eigenvalue weighted by Gasteiger charge is 2.68. The third kappa shape index (κ3) is 2.06. The van der Waals surface area contributed by atoms with Gasteiger partial charge in [-0.2, -0.15) is 0 Å². The fourth-order valence-corrected chi connectivity index (χ4v) is 7.56. The van der Waals surface area contributed by atoms with E-state index in [1.807, 2.05) is 6.92 Å². The molecule has 0 spiro atoms. The predicted molar refractivity (Wildman–Crippen MR) is 95.1 cm³/mol. The largest absolute Gasteiger partial charge is 0.423 e. The molecule has 0 heterocycles. The van der Waals surface area contributed by atoms with Gasteiger partial charge in [0.25, 0.3) is 0 Å². The highest BCUT2D eigenvalue weighted by molar-refractivity contribution is 6.01. The van der Waals surface area contributed by atoms with Crippen LogP contribution in [0.5, 0.6) is 0 Å². The maximum atomic E-state index is 14.3. The van der Waals surface area contributed by atoms with Crippen LogP contribution in [0.4, 0.5) is 4.39 Å². The highest BCUT2D eigenvalue weighted by Crippen LogP contribution is 2.71. The van der Waals surface area contributed by atoms with Crippen molar-refractivity contribution < 1.29 is 23.5 Å². The smallest absolute Gasteiger partial charge is 0.308 e. The van der Waals surface area contributed by atoms with Crippen molar-refractivity contribution in [3.63, 3.8) is 0 Å². The quantitative estimate of drug-likeness (QED) is 0.656. The second kappa shape index (κ2) is 5.30. The molecule has 4 fully saturated rings. The molecule has 0 bridgehead atoms. The van der Waals surface area contributed by atoms with Gasteiger partial charge in [-0.1, -0.05) is 13.8 Å². The number of hydrogen-bond donors (Lipinski definition) is 0. The summed E-state index contributed by atoms with van der Waals surface area (Å²) in [7, 11) is 0. The van der Waals surface area contributed by atoms with Crippen LogP contribution in [0.15, 0.2) is 11.3 Å². The van der Waals surface area contributed by atoms with E-state index >= 15 is 0 Å². The molecule has 0 aliphatic heterocycles. The first-order chi connectivity index (χ1) is 12.7. The minimum absolute atomic E-state index is 0.00152. The first-order valence-corrected chi connectivity index (χ1v) is 10.3. The topological polar surface area (TPSA) is 60.4 Å². The Morgan fingerprint density at radius 2 is 1.85 bits per heavy atom. The van der Waals surface area contributed by atoms with E-state index in [2.05, 4.69) is 6.92 Å². The van der Waals surface area contributed by atoms with Crippen LogP contribution in [0.2, 0.25) is 0 Å². The first kappa shape index (κ1) is 17.6. The molecule has 146 valence electrons. The molecular formula is C22H27FO4. The van der Waals surface area contributed by atoms with Gasteiger partial charge in [0.1, 0.15) is 0 Å². The third-order valence-corrected chi connectivity index (χ3v) is 8.92. The number of carbonyl (C=O) groups is 3. The molecule has 5 heteroatoms. The van der Waals surface area contributed by atoms with Gasteiger partial charge in [0.05, 0.1) is 0 Å². The zero-order chi connectivity index (χ0) is 19.3. The van der Waals surface area contributed by atoms with Gasteiger partial charge in [0, 0.05) is 18.3 Å². The van der Waals surface area contributed by atoms with Crippen LogP contribution in [0.1, 0.15) is 59.3 Å². The van der Waals surface area contributed by atoms with Crippen LogP contribution in [-0.4, -0.2) is 23.7 Å². The van der Waals surface area contributed by atoms with E-state index in [9.17, 15) is 18.8 Å². The molecule has 0 radical (unpaired) electrons. The highest BCUT2D eigenvalue weighted by atomic mass is 19.1. The summed E-state index contributed by atoms with van der Waals surface area (Å²) >= 11 is 0. The Bertz CT molecular complexity index is 800. The minimum Gasteiger partial charge on any atom is -0.423 e. The van der Waals surface area contributed by atoms with E-state index in [1.165, 1.54) is 6.92 Å². The fourth-order valence-electron chi connectivity index (χ4n) is 7.56. The van der Waals surface area contributed by atoms with Crippen molar-refractivity contribution in [2.45, 2.75) is 65.5 Å². The maximum Gasteiger partial charge on any atom is 0.308 e. The number of esters is 1. The molecule has 0 aromatic rings. The average molecular weight is 374 g/mol. The minimum atomic E-state index is -1.32. The van der Waals surface area contributed by atoms with Gasteiger partial charge in [-0.05, 0) is 73.2 Å². The molecule has 5 aliphatic rings. The van der Waals surface area contributed by atoms with Crippen molar-refractivity contribution in [2.75, 3.05) is 0 Å². The zero-order valence-electron chi connectivity index (χ0n) is 16.2. The molecule has 0 amide bonds. The molecular weight excluding hydrogens is 347 g/mol. The SMILES string of the molecule is CC(=O)OC1=C2CC[C@H]3[C@@H]4C[C@@H](F)C(=O)[C@@]4(C)CC[C@@H]3[C@@]2(C)C2C[C@@H]2C1=O. The van der Waals surface area contributed by atoms with Crippen molar-refractivity contribution in [2.24, 2.45) is 40.4 Å². The predicted octanol–water partition coefficient (Wildman–Crippen LogP) is 3.78. The average Bonchev–Trinajstić information content (AvgIpc) is 3.38. The van der Waals surface area contributed by atoms with Crippen LogP contribution in [-0.2, 0) is 19.1 Å². The summed E-state index contributed by atoms with van der Waals surface area (Å²) in [6, 6.07) is 0. The Kier molecular flexibility index (Phi) is 3.45. The zero-order valence-corrected chi connectivity index (χ0v) is 16.2. The molecule has 0 aromatic carbocycles. The molecule has 4 saturated carbocycles. The van der Waals surface area contributed by atoms with Gasteiger partial charge in [0.15, 0.2) is 17.7 Å². The molecule has 8 atom stereocenters. The Morgan fingerprint density at radius 1 is 1.11 bits per heavy atom. The Balaban J connectivity index is 1.57. The van der Waals surface area contributed by atoms with E-state index in [-0.39, 0.29) is 28.8 Å². The summed E-state index contributed by atoms with van der Waals surface area (Å²) in [4.78, 5) is 36.9. The molecule has 5 aliphatic carbocycles. The third-order valence-electron chi connectivity index (χ3n) is 8.92. The second-order valence-corrected chi connectivity index (χ2v) is 9.94. The van der Waals surface area contributed by atoms with Crippen molar-refractivity contribution >= 4 is 17.5 Å². The van der Waals surface area contributed by atoms with Crippen molar-refractivity contribution in [1.82, 2.24) is 0 Å². The number of alkyl halides is 1. The number of rotatable bonds is 1. The van der Waals surface area contributed by atoms with E-state index < -0.39 is 17.6 Å². The van der Waals surface area contributed by atoms with E-state index in [0.717, 1.165) is 31.3 Å². The van der Waals surface area contributed by atoms with Gasteiger partial charge in [-0.15, -0.1) is 0 Å². The van der Waals surface area contributed by atoms with Crippen LogP contribution in [0.25, 0.3) is 0 Å². The molecule has 5 rings (SSSR count). The standard InChI is InChI=1S/C22H27FO4/c1-10(24)27-19-14-5-4-11-13(22(14,3)16-8-12(16)18(19)25)6-7-21(2)15(11)9-17(23)20(21)26/h11-13,15-17H,4-9H2,1-3H3/t11-,12+,13+,15+,16?,17-,21+,22-/m1/s1. The summed E-state index contributed by atoms with van der Waals surface area (Å²) < 4.78 is 19.8. The monoisotopic (exact) mass is 374 g/mol. The lowest BCUT2D eigenvalue weighted by molar-refractivity contribution is -0.143. The number of Topliss-reactive ketones (excluding diaryl/α,β-unsaturated/α-hetero) is 2. The summed E-state index contributed by atoms with van der Waals surface area (Å²) in [5.41, 5.74) is 0.336. The fraction of sp³-hybridized carbons (Fsp3) is 0.773. The normalized spacial score (nSPS) is 50.5. The number of ether oxygens (including phenoxy) is 1. The van der Waals surface area contributed by atoms with Crippen molar-refractivity contribution in [3.05, 3.63) is 11.3 Å². The summed E-state index contributed by atoms with van der Waals surface area (Å²) in [5.74, 6) is 0.719. The molecule has 0 N–H and O–H groups in total. The van der Waals surface area contributed by atoms with Crippen molar-refractivity contribution in [3.8, 4) is 0 Å². The lowest BCUT2D eigenvalue weighted by Crippen LogP contribution is -2.52. The van der Waals surface area contributed by atoms with Crippen LogP contribution in [0, 0.1) is 40.4 Å². The number of carbonyl (C=O) groups excluding carboxylic acids is 3. The molecule has 27 heavy (non-hydrogen) atoms. The van der Waals surface area contributed by atoms with E-state index in [0.29, 0.717) is 36.4 Å². The summed E-state index contributed by atoms with van der Waals surface area (Å²) in [6.45, 7) is 5.56. The van der Waals surface area contributed by atoms with Crippen LogP contribution in [0.3, 0.4) is 0 Å². The van der Waals surface area contributed by atoms with Crippen molar-refractivity contribution in [1.29, 1.82) is 0 Å². The van der Waals surface area contributed by atoms with Gasteiger partial charge < -0.3 is 4.74 Å². The molecule has 0 saturated heterocycles. The number of halogens is 1.